The predicted molar refractivity (Wildman–Crippen MR) is 117 cm³/mol. The molecule has 7 heteroatoms. The lowest BCUT2D eigenvalue weighted by Gasteiger charge is -2.14. The number of para-hydroxylation sites is 2. The minimum absolute atomic E-state index is 0.0290. The standard InChI is InChI=1S/C22H22N4O2S/c1-14(2)11-12-26-21(28)16-8-4-6-10-18(16)24-22(26)29-13-19-23-17-9-5-3-7-15(17)20(27)25-19/h3-10,14H,11-13H2,1-2H3,(H,23,25,27). The highest BCUT2D eigenvalue weighted by Crippen LogP contribution is 2.22. The normalized spacial score (nSPS) is 11.6. The quantitative estimate of drug-likeness (QED) is 0.387. The number of nitrogens with zero attached hydrogens (tertiary/aromatic N) is 3. The van der Waals surface area contributed by atoms with Crippen molar-refractivity contribution >= 4 is 33.6 Å². The van der Waals surface area contributed by atoms with Crippen LogP contribution in [0.3, 0.4) is 0 Å². The average Bonchev–Trinajstić information content (AvgIpc) is 2.71. The molecule has 2 aromatic heterocycles. The maximum atomic E-state index is 13.0. The lowest BCUT2D eigenvalue weighted by atomic mass is 10.1. The minimum atomic E-state index is -0.158. The zero-order valence-corrected chi connectivity index (χ0v) is 17.2. The number of fused-ring (bicyclic) bond motifs is 2. The van der Waals surface area contributed by atoms with Gasteiger partial charge in [-0.25, -0.2) is 9.97 Å². The van der Waals surface area contributed by atoms with Crippen LogP contribution in [-0.4, -0.2) is 19.5 Å². The van der Waals surface area contributed by atoms with Gasteiger partial charge in [-0.2, -0.15) is 0 Å². The summed E-state index contributed by atoms with van der Waals surface area (Å²) in [4.78, 5) is 37.5. The third kappa shape index (κ3) is 4.10. The monoisotopic (exact) mass is 406 g/mol. The van der Waals surface area contributed by atoms with Gasteiger partial charge in [0.25, 0.3) is 11.1 Å². The molecule has 0 amide bonds. The Kier molecular flexibility index (Phi) is 5.49. The van der Waals surface area contributed by atoms with E-state index in [-0.39, 0.29) is 11.1 Å². The summed E-state index contributed by atoms with van der Waals surface area (Å²) >= 11 is 1.42. The summed E-state index contributed by atoms with van der Waals surface area (Å²) in [6, 6.07) is 14.7. The fraction of sp³-hybridized carbons (Fsp3) is 0.273. The highest BCUT2D eigenvalue weighted by molar-refractivity contribution is 7.98. The maximum Gasteiger partial charge on any atom is 0.262 e. The van der Waals surface area contributed by atoms with Crippen molar-refractivity contribution in [2.24, 2.45) is 5.92 Å². The number of hydrogen-bond donors (Lipinski definition) is 1. The second kappa shape index (κ2) is 8.21. The molecule has 1 N–H and O–H groups in total. The van der Waals surface area contributed by atoms with Gasteiger partial charge >= 0.3 is 0 Å². The fourth-order valence-electron chi connectivity index (χ4n) is 3.18. The van der Waals surface area contributed by atoms with Crippen molar-refractivity contribution in [3.8, 4) is 0 Å². The molecule has 148 valence electrons. The van der Waals surface area contributed by atoms with E-state index in [1.165, 1.54) is 11.8 Å². The van der Waals surface area contributed by atoms with Crippen molar-refractivity contribution in [1.29, 1.82) is 0 Å². The molecule has 0 fully saturated rings. The molecule has 0 radical (unpaired) electrons. The molecule has 0 atom stereocenters. The molecule has 0 saturated carbocycles. The second-order valence-corrected chi connectivity index (χ2v) is 8.31. The van der Waals surface area contributed by atoms with Crippen LogP contribution in [0.2, 0.25) is 0 Å². The summed E-state index contributed by atoms with van der Waals surface area (Å²) in [5.41, 5.74) is 1.16. The van der Waals surface area contributed by atoms with Gasteiger partial charge < -0.3 is 4.98 Å². The van der Waals surface area contributed by atoms with Crippen LogP contribution in [0.5, 0.6) is 0 Å². The van der Waals surface area contributed by atoms with Crippen LogP contribution in [0.4, 0.5) is 0 Å². The number of aromatic nitrogens is 4. The van der Waals surface area contributed by atoms with Gasteiger partial charge in [0.15, 0.2) is 5.16 Å². The third-order valence-corrected chi connectivity index (χ3v) is 5.74. The zero-order valence-electron chi connectivity index (χ0n) is 16.4. The van der Waals surface area contributed by atoms with E-state index in [0.717, 1.165) is 6.42 Å². The topological polar surface area (TPSA) is 80.6 Å². The first-order chi connectivity index (χ1) is 14.0. The van der Waals surface area contributed by atoms with Gasteiger partial charge in [-0.15, -0.1) is 0 Å². The fourth-order valence-corrected chi connectivity index (χ4v) is 4.07. The van der Waals surface area contributed by atoms with Crippen LogP contribution in [0.25, 0.3) is 21.8 Å². The Labute approximate surface area is 172 Å². The molecular weight excluding hydrogens is 384 g/mol. The zero-order chi connectivity index (χ0) is 20.4. The molecule has 6 nitrogen and oxygen atoms in total. The van der Waals surface area contributed by atoms with E-state index >= 15 is 0 Å². The van der Waals surface area contributed by atoms with Gasteiger partial charge in [-0.05, 0) is 36.6 Å². The molecule has 0 saturated heterocycles. The first-order valence-electron chi connectivity index (χ1n) is 9.63. The Bertz CT molecular complexity index is 1290. The molecule has 0 aliphatic rings. The average molecular weight is 407 g/mol. The Morgan fingerprint density at radius 3 is 2.34 bits per heavy atom. The van der Waals surface area contributed by atoms with E-state index in [2.05, 4.69) is 23.8 Å². The number of H-pyrrole nitrogens is 1. The largest absolute Gasteiger partial charge is 0.309 e. The summed E-state index contributed by atoms with van der Waals surface area (Å²) < 4.78 is 1.74. The van der Waals surface area contributed by atoms with Gasteiger partial charge in [0.1, 0.15) is 5.82 Å². The van der Waals surface area contributed by atoms with Crippen LogP contribution in [0, 0.1) is 5.92 Å². The van der Waals surface area contributed by atoms with Crippen molar-refractivity contribution < 1.29 is 0 Å². The van der Waals surface area contributed by atoms with Crippen molar-refractivity contribution in [2.45, 2.75) is 37.7 Å². The van der Waals surface area contributed by atoms with Crippen LogP contribution >= 0.6 is 11.8 Å². The van der Waals surface area contributed by atoms with Crippen molar-refractivity contribution in [1.82, 2.24) is 19.5 Å². The minimum Gasteiger partial charge on any atom is -0.309 e. The number of aromatic amines is 1. The molecule has 0 bridgehead atoms. The maximum absolute atomic E-state index is 13.0. The predicted octanol–water partition coefficient (Wildman–Crippen LogP) is 3.97. The van der Waals surface area contributed by atoms with Gasteiger partial charge in [-0.3, -0.25) is 14.2 Å². The number of nitrogens with one attached hydrogen (secondary N) is 1. The SMILES string of the molecule is CC(C)CCn1c(SCc2nc3ccccc3c(=O)[nH]2)nc2ccccc2c1=O. The first-order valence-corrected chi connectivity index (χ1v) is 10.6. The second-order valence-electron chi connectivity index (χ2n) is 7.37. The number of thioether (sulfide) groups is 1. The van der Waals surface area contributed by atoms with Crippen molar-refractivity contribution in [3.05, 3.63) is 75.1 Å². The van der Waals surface area contributed by atoms with Crippen LogP contribution < -0.4 is 11.1 Å². The summed E-state index contributed by atoms with van der Waals surface area (Å²) in [5, 5.41) is 1.84. The van der Waals surface area contributed by atoms with E-state index < -0.39 is 0 Å². The van der Waals surface area contributed by atoms with E-state index in [1.807, 2.05) is 42.5 Å². The molecule has 29 heavy (non-hydrogen) atoms. The smallest absolute Gasteiger partial charge is 0.262 e. The highest BCUT2D eigenvalue weighted by atomic mass is 32.2. The molecule has 2 aromatic carbocycles. The molecule has 2 heterocycles. The van der Waals surface area contributed by atoms with Crippen LogP contribution in [0.1, 0.15) is 26.1 Å². The van der Waals surface area contributed by atoms with Crippen molar-refractivity contribution in [2.75, 3.05) is 0 Å². The van der Waals surface area contributed by atoms with E-state index in [0.29, 0.717) is 51.0 Å². The molecule has 0 unspecified atom stereocenters. The number of benzene rings is 2. The first kappa shape index (κ1) is 19.4. The number of rotatable bonds is 6. The molecule has 4 aromatic rings. The summed E-state index contributed by atoms with van der Waals surface area (Å²) in [5.74, 6) is 1.47. The molecule has 4 rings (SSSR count). The molecule has 0 aliphatic heterocycles. The summed E-state index contributed by atoms with van der Waals surface area (Å²) in [7, 11) is 0. The molecule has 0 spiro atoms. The van der Waals surface area contributed by atoms with Crippen LogP contribution in [-0.2, 0) is 12.3 Å². The lowest BCUT2D eigenvalue weighted by molar-refractivity contribution is 0.481. The molecular formula is C22H22N4O2S. The Morgan fingerprint density at radius 2 is 1.62 bits per heavy atom. The van der Waals surface area contributed by atoms with Crippen molar-refractivity contribution in [3.63, 3.8) is 0 Å². The molecule has 0 aliphatic carbocycles. The van der Waals surface area contributed by atoms with E-state index in [9.17, 15) is 9.59 Å². The van der Waals surface area contributed by atoms with Gasteiger partial charge in [-0.1, -0.05) is 49.9 Å². The van der Waals surface area contributed by atoms with Gasteiger partial charge in [0, 0.05) is 6.54 Å². The lowest BCUT2D eigenvalue weighted by Crippen LogP contribution is -2.24. The third-order valence-electron chi connectivity index (χ3n) is 4.76. The highest BCUT2D eigenvalue weighted by Gasteiger charge is 2.13. The van der Waals surface area contributed by atoms with Crippen LogP contribution in [0.15, 0.2) is 63.3 Å². The van der Waals surface area contributed by atoms with E-state index in [1.54, 1.807) is 10.6 Å². The van der Waals surface area contributed by atoms with Gasteiger partial charge in [0.05, 0.1) is 27.6 Å². The Morgan fingerprint density at radius 1 is 0.966 bits per heavy atom. The summed E-state index contributed by atoms with van der Waals surface area (Å²) in [6.45, 7) is 4.88. The Balaban J connectivity index is 1.70. The van der Waals surface area contributed by atoms with E-state index in [4.69, 9.17) is 4.98 Å². The van der Waals surface area contributed by atoms with Gasteiger partial charge in [0.2, 0.25) is 0 Å². The number of hydrogen-bond acceptors (Lipinski definition) is 5. The summed E-state index contributed by atoms with van der Waals surface area (Å²) in [6.07, 6.45) is 0.887. The Hall–Kier alpha value is -2.93.